The Kier molecular flexibility index (Phi) is 6.28. The van der Waals surface area contributed by atoms with Crippen LogP contribution in [0.3, 0.4) is 0 Å². The Bertz CT molecular complexity index is 793. The minimum atomic E-state index is -0.537. The fraction of sp³-hybridized carbons (Fsp3) is 0.458. The number of nitrogens with zero attached hydrogens (tertiary/aromatic N) is 2. The molecule has 0 radical (unpaired) electrons. The van der Waals surface area contributed by atoms with Crippen LogP contribution in [-0.2, 0) is 28.9 Å². The van der Waals surface area contributed by atoms with Gasteiger partial charge in [0.25, 0.3) is 0 Å². The van der Waals surface area contributed by atoms with E-state index in [2.05, 4.69) is 70.7 Å². The lowest BCUT2D eigenvalue weighted by Crippen LogP contribution is -2.58. The van der Waals surface area contributed by atoms with E-state index in [9.17, 15) is 4.79 Å². The van der Waals surface area contributed by atoms with Gasteiger partial charge in [0.1, 0.15) is 5.54 Å². The molecule has 2 aromatic carbocycles. The third-order valence-electron chi connectivity index (χ3n) is 6.32. The van der Waals surface area contributed by atoms with Gasteiger partial charge >= 0.3 is 0 Å². The summed E-state index contributed by atoms with van der Waals surface area (Å²) in [5, 5.41) is 3.25. The highest BCUT2D eigenvalue weighted by atomic mass is 16.5. The normalized spacial score (nSPS) is 18.6. The van der Waals surface area contributed by atoms with Gasteiger partial charge in [-0.2, -0.15) is 0 Å². The third-order valence-corrected chi connectivity index (χ3v) is 6.32. The molecule has 0 spiro atoms. The number of fused-ring (bicyclic) bond motifs is 1. The highest BCUT2D eigenvalue weighted by molar-refractivity contribution is 5.88. The second-order valence-electron chi connectivity index (χ2n) is 8.21. The van der Waals surface area contributed by atoms with Crippen molar-refractivity contribution in [3.63, 3.8) is 0 Å². The van der Waals surface area contributed by atoms with E-state index >= 15 is 0 Å². The summed E-state index contributed by atoms with van der Waals surface area (Å²) < 4.78 is 5.41. The summed E-state index contributed by atoms with van der Waals surface area (Å²) in [6, 6.07) is 18.9. The molecule has 1 aliphatic carbocycles. The maximum absolute atomic E-state index is 13.5. The Balaban J connectivity index is 1.47. The molecule has 4 rings (SSSR count). The van der Waals surface area contributed by atoms with Gasteiger partial charge in [-0.05, 0) is 23.7 Å². The van der Waals surface area contributed by atoms with Crippen LogP contribution in [0.1, 0.15) is 16.7 Å². The summed E-state index contributed by atoms with van der Waals surface area (Å²) in [5.41, 5.74) is 3.27. The lowest BCUT2D eigenvalue weighted by atomic mass is 9.91. The van der Waals surface area contributed by atoms with Gasteiger partial charge in [-0.1, -0.05) is 54.6 Å². The van der Waals surface area contributed by atoms with Crippen molar-refractivity contribution < 1.29 is 9.53 Å². The van der Waals surface area contributed by atoms with Crippen LogP contribution in [0.25, 0.3) is 0 Å². The molecule has 5 nitrogen and oxygen atoms in total. The van der Waals surface area contributed by atoms with Crippen LogP contribution >= 0.6 is 0 Å². The SMILES string of the molecule is CN(Cc1ccccc1)C1(C(=O)NCCN2CCOCC2)Cc2ccccc2C1. The van der Waals surface area contributed by atoms with E-state index in [0.717, 1.165) is 52.2 Å². The molecule has 154 valence electrons. The molecule has 1 saturated heterocycles. The Labute approximate surface area is 173 Å². The van der Waals surface area contributed by atoms with Crippen LogP contribution in [0.2, 0.25) is 0 Å². The molecule has 29 heavy (non-hydrogen) atoms. The number of amides is 1. The molecule has 0 saturated carbocycles. The van der Waals surface area contributed by atoms with Crippen molar-refractivity contribution in [2.75, 3.05) is 46.4 Å². The maximum atomic E-state index is 13.5. The van der Waals surface area contributed by atoms with E-state index < -0.39 is 5.54 Å². The van der Waals surface area contributed by atoms with Crippen LogP contribution in [-0.4, -0.2) is 67.7 Å². The molecule has 1 N–H and O–H groups in total. The van der Waals surface area contributed by atoms with Crippen LogP contribution in [0.5, 0.6) is 0 Å². The number of rotatable bonds is 7. The Hall–Kier alpha value is -2.21. The lowest BCUT2D eigenvalue weighted by molar-refractivity contribution is -0.132. The van der Waals surface area contributed by atoms with Crippen molar-refractivity contribution in [3.05, 3.63) is 71.3 Å². The smallest absolute Gasteiger partial charge is 0.241 e. The van der Waals surface area contributed by atoms with Crippen molar-refractivity contribution in [1.82, 2.24) is 15.1 Å². The number of nitrogens with one attached hydrogen (secondary N) is 1. The Morgan fingerprint density at radius 2 is 1.66 bits per heavy atom. The second kappa shape index (κ2) is 9.08. The highest BCUT2D eigenvalue weighted by Crippen LogP contribution is 2.35. The zero-order chi connectivity index (χ0) is 20.1. The molecule has 1 amide bonds. The molecule has 0 aromatic heterocycles. The molecule has 1 fully saturated rings. The highest BCUT2D eigenvalue weighted by Gasteiger charge is 2.46. The van der Waals surface area contributed by atoms with Gasteiger partial charge in [0.15, 0.2) is 0 Å². The number of morpholine rings is 1. The van der Waals surface area contributed by atoms with Gasteiger partial charge in [0, 0.05) is 45.6 Å². The Morgan fingerprint density at radius 1 is 1.03 bits per heavy atom. The van der Waals surface area contributed by atoms with Crippen molar-refractivity contribution in [1.29, 1.82) is 0 Å². The van der Waals surface area contributed by atoms with E-state index in [0.29, 0.717) is 6.54 Å². The van der Waals surface area contributed by atoms with E-state index in [4.69, 9.17) is 4.74 Å². The second-order valence-corrected chi connectivity index (χ2v) is 8.21. The average Bonchev–Trinajstić information content (AvgIpc) is 3.16. The van der Waals surface area contributed by atoms with E-state index in [1.165, 1.54) is 16.7 Å². The van der Waals surface area contributed by atoms with Crippen LogP contribution < -0.4 is 5.32 Å². The molecule has 0 bridgehead atoms. The summed E-state index contributed by atoms with van der Waals surface area (Å²) in [5.74, 6) is 0.139. The van der Waals surface area contributed by atoms with Crippen LogP contribution in [0.15, 0.2) is 54.6 Å². The van der Waals surface area contributed by atoms with Crippen LogP contribution in [0.4, 0.5) is 0 Å². The minimum Gasteiger partial charge on any atom is -0.379 e. The summed E-state index contributed by atoms with van der Waals surface area (Å²) >= 11 is 0. The van der Waals surface area contributed by atoms with Crippen LogP contribution in [0, 0.1) is 0 Å². The Morgan fingerprint density at radius 3 is 2.31 bits per heavy atom. The van der Waals surface area contributed by atoms with E-state index in [-0.39, 0.29) is 5.91 Å². The first-order chi connectivity index (χ1) is 14.2. The molecule has 2 aliphatic rings. The van der Waals surface area contributed by atoms with Crippen molar-refractivity contribution in [2.45, 2.75) is 24.9 Å². The quantitative estimate of drug-likeness (QED) is 0.783. The predicted molar refractivity (Wildman–Crippen MR) is 115 cm³/mol. The summed E-state index contributed by atoms with van der Waals surface area (Å²) in [6.07, 6.45) is 1.52. The zero-order valence-electron chi connectivity index (χ0n) is 17.3. The fourth-order valence-corrected chi connectivity index (χ4v) is 4.52. The summed E-state index contributed by atoms with van der Waals surface area (Å²) in [7, 11) is 2.08. The average molecular weight is 394 g/mol. The molecular weight excluding hydrogens is 362 g/mol. The zero-order valence-corrected chi connectivity index (χ0v) is 17.3. The van der Waals surface area contributed by atoms with Gasteiger partial charge in [-0.15, -0.1) is 0 Å². The number of likely N-dealkylation sites (N-methyl/N-ethyl adjacent to an activating group) is 1. The molecule has 5 heteroatoms. The molecule has 1 aliphatic heterocycles. The van der Waals surface area contributed by atoms with Gasteiger partial charge in [0.05, 0.1) is 13.2 Å². The van der Waals surface area contributed by atoms with E-state index in [1.54, 1.807) is 0 Å². The van der Waals surface area contributed by atoms with Gasteiger partial charge in [0.2, 0.25) is 5.91 Å². The lowest BCUT2D eigenvalue weighted by Gasteiger charge is -2.38. The van der Waals surface area contributed by atoms with Crippen molar-refractivity contribution >= 4 is 5.91 Å². The monoisotopic (exact) mass is 393 g/mol. The van der Waals surface area contributed by atoms with Crippen molar-refractivity contribution in [3.8, 4) is 0 Å². The first-order valence-electron chi connectivity index (χ1n) is 10.6. The topological polar surface area (TPSA) is 44.8 Å². The maximum Gasteiger partial charge on any atom is 0.241 e. The number of carbonyl (C=O) groups is 1. The number of hydrogen-bond acceptors (Lipinski definition) is 4. The molecule has 0 unspecified atom stereocenters. The summed E-state index contributed by atoms with van der Waals surface area (Å²) in [6.45, 7) is 5.77. The molecule has 2 aromatic rings. The fourth-order valence-electron chi connectivity index (χ4n) is 4.52. The molecule has 1 heterocycles. The number of carbonyl (C=O) groups excluding carboxylic acids is 1. The molecular formula is C24H31N3O2. The summed E-state index contributed by atoms with van der Waals surface area (Å²) in [4.78, 5) is 18.1. The van der Waals surface area contributed by atoms with Gasteiger partial charge in [-0.3, -0.25) is 14.6 Å². The largest absolute Gasteiger partial charge is 0.379 e. The van der Waals surface area contributed by atoms with Crippen molar-refractivity contribution in [2.24, 2.45) is 0 Å². The molecule has 0 atom stereocenters. The van der Waals surface area contributed by atoms with E-state index in [1.807, 2.05) is 6.07 Å². The predicted octanol–water partition coefficient (Wildman–Crippen LogP) is 2.10. The minimum absolute atomic E-state index is 0.139. The standard InChI is InChI=1S/C24H31N3O2/c1-26(19-20-7-3-2-4-8-20)24(17-21-9-5-6-10-22(21)18-24)23(28)25-11-12-27-13-15-29-16-14-27/h2-10H,11-19H2,1H3,(H,25,28). The first-order valence-corrected chi connectivity index (χ1v) is 10.6. The third kappa shape index (κ3) is 4.53. The number of benzene rings is 2. The number of hydrogen-bond donors (Lipinski definition) is 1. The van der Waals surface area contributed by atoms with Gasteiger partial charge < -0.3 is 10.1 Å². The van der Waals surface area contributed by atoms with Gasteiger partial charge in [-0.25, -0.2) is 0 Å². The number of ether oxygens (including phenoxy) is 1. The first kappa shape index (κ1) is 20.1.